The highest BCUT2D eigenvalue weighted by molar-refractivity contribution is 6.00. The highest BCUT2D eigenvalue weighted by Crippen LogP contribution is 2.20. The molecule has 0 unspecified atom stereocenters. The molecular weight excluding hydrogens is 428 g/mol. The van der Waals surface area contributed by atoms with E-state index < -0.39 is 17.9 Å². The van der Waals surface area contributed by atoms with Crippen molar-refractivity contribution in [1.29, 1.82) is 0 Å². The van der Waals surface area contributed by atoms with E-state index in [2.05, 4.69) is 16.2 Å². The fraction of sp³-hybridized carbons (Fsp3) is 0.296. The van der Waals surface area contributed by atoms with Crippen LogP contribution in [0.5, 0.6) is 0 Å². The molecule has 0 radical (unpaired) electrons. The van der Waals surface area contributed by atoms with Gasteiger partial charge in [-0.1, -0.05) is 50.2 Å². The fourth-order valence-electron chi connectivity index (χ4n) is 4.01. The number of para-hydroxylation sites is 1. The van der Waals surface area contributed by atoms with Gasteiger partial charge in [-0.15, -0.1) is 0 Å². The summed E-state index contributed by atoms with van der Waals surface area (Å²) < 4.78 is 1.99. The molecule has 0 spiro atoms. The first kappa shape index (κ1) is 24.8. The van der Waals surface area contributed by atoms with E-state index >= 15 is 0 Å². The minimum Gasteiger partial charge on any atom is -0.340 e. The Balaban J connectivity index is 1.70. The van der Waals surface area contributed by atoms with Crippen LogP contribution in [0.3, 0.4) is 0 Å². The van der Waals surface area contributed by atoms with Crippen LogP contribution in [0.1, 0.15) is 57.9 Å². The summed E-state index contributed by atoms with van der Waals surface area (Å²) in [6, 6.07) is 18.0. The van der Waals surface area contributed by atoms with Gasteiger partial charge in [0.2, 0.25) is 0 Å². The van der Waals surface area contributed by atoms with Crippen LogP contribution in [0, 0.1) is 26.7 Å². The van der Waals surface area contributed by atoms with Gasteiger partial charge in [-0.25, -0.2) is 0 Å². The monoisotopic (exact) mass is 460 g/mol. The molecule has 0 aliphatic heterocycles. The maximum Gasteiger partial charge on any atom is 0.271 e. The number of rotatable bonds is 7. The maximum atomic E-state index is 12.9. The molecule has 3 N–H and O–H groups in total. The lowest BCUT2D eigenvalue weighted by Gasteiger charge is -2.21. The quantitative estimate of drug-likeness (QED) is 0.465. The Labute approximate surface area is 200 Å². The zero-order valence-electron chi connectivity index (χ0n) is 20.3. The van der Waals surface area contributed by atoms with E-state index in [9.17, 15) is 14.4 Å². The van der Waals surface area contributed by atoms with Crippen LogP contribution in [0.15, 0.2) is 60.7 Å². The lowest BCUT2D eigenvalue weighted by Crippen LogP contribution is -2.52. The van der Waals surface area contributed by atoms with E-state index in [1.807, 2.05) is 81.7 Å². The normalized spacial score (nSPS) is 11.7. The van der Waals surface area contributed by atoms with Crippen molar-refractivity contribution in [3.05, 3.63) is 88.7 Å². The molecule has 0 aliphatic carbocycles. The van der Waals surface area contributed by atoms with Gasteiger partial charge in [-0.3, -0.25) is 25.2 Å². The lowest BCUT2D eigenvalue weighted by molar-refractivity contribution is -0.124. The van der Waals surface area contributed by atoms with Crippen molar-refractivity contribution in [2.75, 3.05) is 0 Å². The number of aryl methyl sites for hydroxylation is 2. The summed E-state index contributed by atoms with van der Waals surface area (Å²) in [5, 5.41) is 2.81. The highest BCUT2D eigenvalue weighted by Gasteiger charge is 2.24. The Morgan fingerprint density at radius 2 is 1.47 bits per heavy atom. The minimum absolute atomic E-state index is 0.161. The Bertz CT molecular complexity index is 1180. The molecule has 2 aromatic carbocycles. The standard InChI is InChI=1S/C27H32N4O3/c1-17(2)15-24(28-25(32)22-14-10-9-11-18(22)3)27(34)30-29-26(33)23-16-19(4)31(20(23)5)21-12-7-6-8-13-21/h6-14,16-17,24H,15H2,1-5H3,(H,28,32)(H,29,33)(H,30,34)/t24-/m0/s1. The van der Waals surface area contributed by atoms with Gasteiger partial charge in [0.1, 0.15) is 6.04 Å². The third kappa shape index (κ3) is 5.73. The summed E-state index contributed by atoms with van der Waals surface area (Å²) >= 11 is 0. The summed E-state index contributed by atoms with van der Waals surface area (Å²) in [6.45, 7) is 9.57. The van der Waals surface area contributed by atoms with E-state index in [1.165, 1.54) is 0 Å². The van der Waals surface area contributed by atoms with Crippen molar-refractivity contribution in [2.24, 2.45) is 5.92 Å². The predicted octanol–water partition coefficient (Wildman–Crippen LogP) is 4.01. The molecule has 1 aromatic heterocycles. The average Bonchev–Trinajstić information content (AvgIpc) is 3.11. The Hall–Kier alpha value is -3.87. The molecule has 3 rings (SSSR count). The van der Waals surface area contributed by atoms with Gasteiger partial charge in [0, 0.05) is 22.6 Å². The van der Waals surface area contributed by atoms with Crippen LogP contribution in [-0.4, -0.2) is 28.3 Å². The van der Waals surface area contributed by atoms with Gasteiger partial charge in [-0.05, 0) is 62.9 Å². The SMILES string of the molecule is Cc1ccccc1C(=O)N[C@@H](CC(C)C)C(=O)NNC(=O)c1cc(C)n(-c2ccccc2)c1C. The molecule has 1 heterocycles. The molecule has 1 atom stereocenters. The number of hydrogen-bond donors (Lipinski definition) is 3. The van der Waals surface area contributed by atoms with Crippen LogP contribution in [-0.2, 0) is 4.79 Å². The van der Waals surface area contributed by atoms with Gasteiger partial charge in [0.25, 0.3) is 17.7 Å². The van der Waals surface area contributed by atoms with E-state index in [-0.39, 0.29) is 11.8 Å². The molecule has 34 heavy (non-hydrogen) atoms. The summed E-state index contributed by atoms with van der Waals surface area (Å²) in [7, 11) is 0. The van der Waals surface area contributed by atoms with Gasteiger partial charge >= 0.3 is 0 Å². The first-order chi connectivity index (χ1) is 16.2. The molecule has 0 saturated heterocycles. The molecule has 178 valence electrons. The van der Waals surface area contributed by atoms with E-state index in [0.717, 1.165) is 22.6 Å². The second-order valence-corrected chi connectivity index (χ2v) is 8.87. The predicted molar refractivity (Wildman–Crippen MR) is 133 cm³/mol. The molecule has 0 bridgehead atoms. The summed E-state index contributed by atoms with van der Waals surface area (Å²) in [6.07, 6.45) is 0.432. The summed E-state index contributed by atoms with van der Waals surface area (Å²) in [5.74, 6) is -1.05. The van der Waals surface area contributed by atoms with Gasteiger partial charge in [-0.2, -0.15) is 0 Å². The third-order valence-corrected chi connectivity index (χ3v) is 5.71. The molecule has 0 aliphatic rings. The van der Waals surface area contributed by atoms with E-state index in [4.69, 9.17) is 0 Å². The van der Waals surface area contributed by atoms with E-state index in [0.29, 0.717) is 17.5 Å². The molecular formula is C27H32N4O3. The summed E-state index contributed by atoms with van der Waals surface area (Å²) in [5.41, 5.74) is 9.43. The molecule has 3 amide bonds. The van der Waals surface area contributed by atoms with Crippen molar-refractivity contribution < 1.29 is 14.4 Å². The van der Waals surface area contributed by atoms with Crippen molar-refractivity contribution in [1.82, 2.24) is 20.7 Å². The van der Waals surface area contributed by atoms with Gasteiger partial charge < -0.3 is 9.88 Å². The largest absolute Gasteiger partial charge is 0.340 e. The Morgan fingerprint density at radius 3 is 2.12 bits per heavy atom. The highest BCUT2D eigenvalue weighted by atomic mass is 16.2. The van der Waals surface area contributed by atoms with Crippen LogP contribution in [0.2, 0.25) is 0 Å². The second kappa shape index (κ2) is 10.8. The number of nitrogens with zero attached hydrogens (tertiary/aromatic N) is 1. The molecule has 0 saturated carbocycles. The second-order valence-electron chi connectivity index (χ2n) is 8.87. The minimum atomic E-state index is -0.788. The van der Waals surface area contributed by atoms with Gasteiger partial charge in [0.15, 0.2) is 0 Å². The zero-order valence-corrected chi connectivity index (χ0v) is 20.3. The average molecular weight is 461 g/mol. The van der Waals surface area contributed by atoms with Crippen molar-refractivity contribution in [3.8, 4) is 5.69 Å². The van der Waals surface area contributed by atoms with Crippen LogP contribution >= 0.6 is 0 Å². The number of amides is 3. The van der Waals surface area contributed by atoms with Crippen LogP contribution in [0.4, 0.5) is 0 Å². The van der Waals surface area contributed by atoms with E-state index in [1.54, 1.807) is 18.2 Å². The Kier molecular flexibility index (Phi) is 7.89. The first-order valence-electron chi connectivity index (χ1n) is 11.4. The first-order valence-corrected chi connectivity index (χ1v) is 11.4. The lowest BCUT2D eigenvalue weighted by atomic mass is 10.0. The van der Waals surface area contributed by atoms with Gasteiger partial charge in [0.05, 0.1) is 5.56 Å². The van der Waals surface area contributed by atoms with Crippen molar-refractivity contribution in [2.45, 2.75) is 47.1 Å². The zero-order chi connectivity index (χ0) is 24.8. The molecule has 3 aromatic rings. The fourth-order valence-corrected chi connectivity index (χ4v) is 4.01. The number of hydrogen-bond acceptors (Lipinski definition) is 3. The topological polar surface area (TPSA) is 92.2 Å². The molecule has 7 heteroatoms. The van der Waals surface area contributed by atoms with Crippen LogP contribution in [0.25, 0.3) is 5.69 Å². The molecule has 0 fully saturated rings. The number of carbonyl (C=O) groups is 3. The molecule has 7 nitrogen and oxygen atoms in total. The van der Waals surface area contributed by atoms with Crippen molar-refractivity contribution in [3.63, 3.8) is 0 Å². The number of carbonyl (C=O) groups excluding carboxylic acids is 3. The van der Waals surface area contributed by atoms with Crippen molar-refractivity contribution >= 4 is 17.7 Å². The number of hydrazine groups is 1. The smallest absolute Gasteiger partial charge is 0.271 e. The van der Waals surface area contributed by atoms with Crippen LogP contribution < -0.4 is 16.2 Å². The number of aromatic nitrogens is 1. The number of benzene rings is 2. The third-order valence-electron chi connectivity index (χ3n) is 5.71. The Morgan fingerprint density at radius 1 is 0.824 bits per heavy atom. The summed E-state index contributed by atoms with van der Waals surface area (Å²) in [4.78, 5) is 38.5. The maximum absolute atomic E-state index is 12.9. The number of nitrogens with one attached hydrogen (secondary N) is 3.